The molecule has 110 valence electrons. The van der Waals surface area contributed by atoms with Crippen molar-refractivity contribution in [2.45, 2.75) is 11.8 Å². The number of carbonyl (C=O) groups is 1. The smallest absolute Gasteiger partial charge is 0.255 e. The summed E-state index contributed by atoms with van der Waals surface area (Å²) in [7, 11) is -3.74. The standard InChI is InChI=1S/C14H13ClN2O3S/c1-9-2-3-10(15)8-13(9)14(18)17-11-4-6-12(7-5-11)21(16,19)20/h2-8H,1H3,(H,17,18)(H2,16,19,20). The summed E-state index contributed by atoms with van der Waals surface area (Å²) in [6.45, 7) is 1.80. The number of hydrogen-bond acceptors (Lipinski definition) is 3. The van der Waals surface area contributed by atoms with E-state index in [0.29, 0.717) is 16.3 Å². The molecule has 5 nitrogen and oxygen atoms in total. The fraction of sp³-hybridized carbons (Fsp3) is 0.0714. The Morgan fingerprint density at radius 2 is 1.76 bits per heavy atom. The molecule has 0 saturated heterocycles. The van der Waals surface area contributed by atoms with Gasteiger partial charge in [0.25, 0.3) is 5.91 Å². The average Bonchev–Trinajstić information content (AvgIpc) is 2.41. The predicted molar refractivity (Wildman–Crippen MR) is 82.0 cm³/mol. The van der Waals surface area contributed by atoms with Gasteiger partial charge in [-0.2, -0.15) is 0 Å². The molecule has 0 heterocycles. The second kappa shape index (κ2) is 5.85. The van der Waals surface area contributed by atoms with E-state index in [1.54, 1.807) is 25.1 Å². The van der Waals surface area contributed by atoms with Crippen LogP contribution in [0.3, 0.4) is 0 Å². The Hall–Kier alpha value is -1.89. The Bertz CT molecular complexity index is 786. The van der Waals surface area contributed by atoms with Gasteiger partial charge in [-0.1, -0.05) is 17.7 Å². The van der Waals surface area contributed by atoms with Crippen LogP contribution < -0.4 is 10.5 Å². The van der Waals surface area contributed by atoms with E-state index in [2.05, 4.69) is 5.32 Å². The van der Waals surface area contributed by atoms with Crippen LogP contribution in [0.25, 0.3) is 0 Å². The number of aryl methyl sites for hydroxylation is 1. The maximum absolute atomic E-state index is 12.2. The lowest BCUT2D eigenvalue weighted by Crippen LogP contribution is -2.14. The van der Waals surface area contributed by atoms with Gasteiger partial charge in [-0.3, -0.25) is 4.79 Å². The molecule has 0 saturated carbocycles. The normalized spacial score (nSPS) is 11.2. The van der Waals surface area contributed by atoms with Crippen LogP contribution in [0, 0.1) is 6.92 Å². The number of sulfonamides is 1. The average molecular weight is 325 g/mol. The van der Waals surface area contributed by atoms with Crippen LogP contribution >= 0.6 is 11.6 Å². The number of carbonyl (C=O) groups excluding carboxylic acids is 1. The molecule has 0 unspecified atom stereocenters. The van der Waals surface area contributed by atoms with Gasteiger partial charge >= 0.3 is 0 Å². The summed E-state index contributed by atoms with van der Waals surface area (Å²) in [5.74, 6) is -0.321. The fourth-order valence-corrected chi connectivity index (χ4v) is 2.45. The molecule has 2 aromatic carbocycles. The number of primary sulfonamides is 1. The summed E-state index contributed by atoms with van der Waals surface area (Å²) < 4.78 is 22.3. The summed E-state index contributed by atoms with van der Waals surface area (Å²) in [5, 5.41) is 8.15. The summed E-state index contributed by atoms with van der Waals surface area (Å²) in [5.41, 5.74) is 1.71. The van der Waals surface area contributed by atoms with Crippen LogP contribution in [0.2, 0.25) is 5.02 Å². The van der Waals surface area contributed by atoms with Crippen molar-refractivity contribution < 1.29 is 13.2 Å². The van der Waals surface area contributed by atoms with Gasteiger partial charge in [0.15, 0.2) is 0 Å². The van der Waals surface area contributed by atoms with Crippen molar-refractivity contribution in [2.75, 3.05) is 5.32 Å². The number of halogens is 1. The Morgan fingerprint density at radius 3 is 2.33 bits per heavy atom. The molecule has 0 atom stereocenters. The number of rotatable bonds is 3. The van der Waals surface area contributed by atoms with Gasteiger partial charge in [-0.25, -0.2) is 13.6 Å². The summed E-state index contributed by atoms with van der Waals surface area (Å²) in [6.07, 6.45) is 0. The number of hydrogen-bond donors (Lipinski definition) is 2. The number of nitrogens with two attached hydrogens (primary N) is 1. The Morgan fingerprint density at radius 1 is 1.14 bits per heavy atom. The van der Waals surface area contributed by atoms with Crippen LogP contribution in [0.15, 0.2) is 47.4 Å². The molecule has 1 amide bonds. The second-order valence-corrected chi connectivity index (χ2v) is 6.48. The minimum atomic E-state index is -3.74. The van der Waals surface area contributed by atoms with E-state index in [9.17, 15) is 13.2 Å². The van der Waals surface area contributed by atoms with Gasteiger partial charge < -0.3 is 5.32 Å². The topological polar surface area (TPSA) is 89.3 Å². The van der Waals surface area contributed by atoms with Crippen LogP contribution in [0.5, 0.6) is 0 Å². The van der Waals surface area contributed by atoms with E-state index >= 15 is 0 Å². The first kappa shape index (κ1) is 15.5. The highest BCUT2D eigenvalue weighted by Gasteiger charge is 2.11. The van der Waals surface area contributed by atoms with Gasteiger partial charge in [-0.05, 0) is 48.9 Å². The lowest BCUT2D eigenvalue weighted by Gasteiger charge is -2.08. The van der Waals surface area contributed by atoms with E-state index in [4.69, 9.17) is 16.7 Å². The van der Waals surface area contributed by atoms with Crippen molar-refractivity contribution in [2.24, 2.45) is 5.14 Å². The molecule has 0 radical (unpaired) electrons. The largest absolute Gasteiger partial charge is 0.322 e. The van der Waals surface area contributed by atoms with Gasteiger partial charge in [0.1, 0.15) is 0 Å². The second-order valence-electron chi connectivity index (χ2n) is 4.48. The van der Waals surface area contributed by atoms with Crippen molar-refractivity contribution in [3.63, 3.8) is 0 Å². The Kier molecular flexibility index (Phi) is 4.32. The highest BCUT2D eigenvalue weighted by atomic mass is 35.5. The highest BCUT2D eigenvalue weighted by Crippen LogP contribution is 2.18. The molecule has 0 aliphatic heterocycles. The summed E-state index contributed by atoms with van der Waals surface area (Å²) >= 11 is 5.87. The molecular formula is C14H13ClN2O3S. The maximum Gasteiger partial charge on any atom is 0.255 e. The van der Waals surface area contributed by atoms with Crippen LogP contribution in [0.1, 0.15) is 15.9 Å². The molecule has 2 aromatic rings. The monoisotopic (exact) mass is 324 g/mol. The van der Waals surface area contributed by atoms with Crippen molar-refractivity contribution in [1.82, 2.24) is 0 Å². The van der Waals surface area contributed by atoms with Gasteiger partial charge in [0.2, 0.25) is 10.0 Å². The van der Waals surface area contributed by atoms with Crippen LogP contribution in [-0.4, -0.2) is 14.3 Å². The van der Waals surface area contributed by atoms with E-state index < -0.39 is 10.0 Å². The molecular weight excluding hydrogens is 312 g/mol. The van der Waals surface area contributed by atoms with Crippen molar-refractivity contribution >= 4 is 33.2 Å². The van der Waals surface area contributed by atoms with E-state index in [0.717, 1.165) is 5.56 Å². The minimum absolute atomic E-state index is 0.0144. The first-order chi connectivity index (χ1) is 9.77. The molecule has 0 fully saturated rings. The quantitative estimate of drug-likeness (QED) is 0.909. The molecule has 0 aliphatic carbocycles. The minimum Gasteiger partial charge on any atom is -0.322 e. The lowest BCUT2D eigenvalue weighted by atomic mass is 10.1. The predicted octanol–water partition coefficient (Wildman–Crippen LogP) is 2.55. The number of amides is 1. The van der Waals surface area contributed by atoms with Crippen molar-refractivity contribution in [3.05, 3.63) is 58.6 Å². The zero-order valence-electron chi connectivity index (χ0n) is 11.1. The number of nitrogens with one attached hydrogen (secondary N) is 1. The van der Waals surface area contributed by atoms with Gasteiger partial charge in [0, 0.05) is 16.3 Å². The van der Waals surface area contributed by atoms with Gasteiger partial charge in [0.05, 0.1) is 4.90 Å². The zero-order chi connectivity index (χ0) is 15.6. The summed E-state index contributed by atoms with van der Waals surface area (Å²) in [4.78, 5) is 12.1. The molecule has 0 aliphatic rings. The lowest BCUT2D eigenvalue weighted by molar-refractivity contribution is 0.102. The van der Waals surface area contributed by atoms with Crippen LogP contribution in [0.4, 0.5) is 5.69 Å². The zero-order valence-corrected chi connectivity index (χ0v) is 12.7. The molecule has 3 N–H and O–H groups in total. The van der Waals surface area contributed by atoms with Crippen molar-refractivity contribution in [3.8, 4) is 0 Å². The molecule has 21 heavy (non-hydrogen) atoms. The SMILES string of the molecule is Cc1ccc(Cl)cc1C(=O)Nc1ccc(S(N)(=O)=O)cc1. The van der Waals surface area contributed by atoms with Gasteiger partial charge in [-0.15, -0.1) is 0 Å². The first-order valence-electron chi connectivity index (χ1n) is 5.98. The van der Waals surface area contributed by atoms with E-state index in [1.165, 1.54) is 24.3 Å². The molecule has 0 aromatic heterocycles. The number of anilines is 1. The molecule has 2 rings (SSSR count). The molecule has 0 bridgehead atoms. The number of benzene rings is 2. The summed E-state index contributed by atoms with van der Waals surface area (Å²) in [6, 6.07) is 10.6. The van der Waals surface area contributed by atoms with E-state index in [-0.39, 0.29) is 10.8 Å². The Balaban J connectivity index is 2.22. The highest BCUT2D eigenvalue weighted by molar-refractivity contribution is 7.89. The maximum atomic E-state index is 12.2. The fourth-order valence-electron chi connectivity index (χ4n) is 1.77. The molecule has 0 spiro atoms. The third-order valence-corrected chi connectivity index (χ3v) is 4.05. The third-order valence-electron chi connectivity index (χ3n) is 2.88. The van der Waals surface area contributed by atoms with E-state index in [1.807, 2.05) is 0 Å². The Labute approximate surface area is 127 Å². The first-order valence-corrected chi connectivity index (χ1v) is 7.90. The van der Waals surface area contributed by atoms with Crippen LogP contribution in [-0.2, 0) is 10.0 Å². The molecule has 7 heteroatoms. The third kappa shape index (κ3) is 3.81. The van der Waals surface area contributed by atoms with Crippen molar-refractivity contribution in [1.29, 1.82) is 0 Å².